The molecule has 1 saturated carbocycles. The van der Waals surface area contributed by atoms with Crippen molar-refractivity contribution in [2.45, 2.75) is 38.7 Å². The molecule has 1 aromatic rings. The van der Waals surface area contributed by atoms with E-state index >= 15 is 0 Å². The molecule has 18 heavy (non-hydrogen) atoms. The molecule has 3 heteroatoms. The third-order valence-corrected chi connectivity index (χ3v) is 3.13. The van der Waals surface area contributed by atoms with E-state index in [1.807, 2.05) is 51.1 Å². The Morgan fingerprint density at radius 3 is 2.50 bits per heavy atom. The molecule has 1 aliphatic rings. The molecule has 0 aromatic heterocycles. The molecule has 2 atom stereocenters. The highest BCUT2D eigenvalue weighted by atomic mass is 16.6. The molecular formula is C15H17NO2. The maximum Gasteiger partial charge on any atom is 0.327 e. The number of ether oxygens (including phenoxy) is 1. The van der Waals surface area contributed by atoms with Crippen molar-refractivity contribution in [2.75, 3.05) is 0 Å². The molecule has 1 aromatic carbocycles. The third kappa shape index (κ3) is 2.24. The fraction of sp³-hybridized carbons (Fsp3) is 0.467. The van der Waals surface area contributed by atoms with E-state index in [1.54, 1.807) is 0 Å². The van der Waals surface area contributed by atoms with Gasteiger partial charge in [-0.25, -0.2) is 0 Å². The predicted octanol–water partition coefficient (Wildman–Crippen LogP) is 3.03. The smallest absolute Gasteiger partial charge is 0.327 e. The van der Waals surface area contributed by atoms with E-state index in [9.17, 15) is 10.1 Å². The monoisotopic (exact) mass is 243 g/mol. The number of nitriles is 1. The van der Waals surface area contributed by atoms with Crippen molar-refractivity contribution in [3.63, 3.8) is 0 Å². The summed E-state index contributed by atoms with van der Waals surface area (Å²) in [5, 5.41) is 9.30. The van der Waals surface area contributed by atoms with Crippen molar-refractivity contribution < 1.29 is 9.53 Å². The lowest BCUT2D eigenvalue weighted by Crippen LogP contribution is -2.29. The van der Waals surface area contributed by atoms with E-state index in [2.05, 4.69) is 6.07 Å². The number of carbonyl (C=O) groups is 1. The van der Waals surface area contributed by atoms with E-state index in [-0.39, 0.29) is 5.92 Å². The minimum atomic E-state index is -0.978. The molecule has 0 heterocycles. The van der Waals surface area contributed by atoms with Crippen molar-refractivity contribution in [3.8, 4) is 6.07 Å². The molecule has 0 radical (unpaired) electrons. The van der Waals surface area contributed by atoms with Gasteiger partial charge in [0, 0.05) is 5.92 Å². The molecule has 0 N–H and O–H groups in total. The second-order valence-electron chi connectivity index (χ2n) is 5.75. The Kier molecular flexibility index (Phi) is 2.90. The van der Waals surface area contributed by atoms with Gasteiger partial charge in [0.2, 0.25) is 0 Å². The summed E-state index contributed by atoms with van der Waals surface area (Å²) in [4.78, 5) is 12.1. The number of rotatable bonds is 2. The van der Waals surface area contributed by atoms with Gasteiger partial charge in [-0.15, -0.1) is 0 Å². The highest BCUT2D eigenvalue weighted by Gasteiger charge is 2.63. The van der Waals surface area contributed by atoms with Crippen LogP contribution < -0.4 is 0 Å². The summed E-state index contributed by atoms with van der Waals surface area (Å²) in [5.74, 6) is -0.426. The van der Waals surface area contributed by atoms with Crippen LogP contribution >= 0.6 is 0 Å². The number of esters is 1. The second kappa shape index (κ2) is 4.13. The van der Waals surface area contributed by atoms with Crippen LogP contribution in [0.15, 0.2) is 30.3 Å². The van der Waals surface area contributed by atoms with Crippen LogP contribution in [0.4, 0.5) is 0 Å². The standard InChI is InChI=1S/C15H17NO2/c1-14(2,3)18-13(17)15(10-16)9-12(15)11-7-5-4-6-8-11/h4-8,12H,9H2,1-3H3. The Labute approximate surface area is 107 Å². The van der Waals surface area contributed by atoms with Crippen LogP contribution in [0.3, 0.4) is 0 Å². The van der Waals surface area contributed by atoms with Gasteiger partial charge in [-0.05, 0) is 32.8 Å². The van der Waals surface area contributed by atoms with Crippen LogP contribution in [0, 0.1) is 16.7 Å². The van der Waals surface area contributed by atoms with Gasteiger partial charge in [-0.2, -0.15) is 5.26 Å². The molecule has 3 nitrogen and oxygen atoms in total. The van der Waals surface area contributed by atoms with Gasteiger partial charge in [-0.3, -0.25) is 4.79 Å². The van der Waals surface area contributed by atoms with Crippen molar-refractivity contribution in [1.82, 2.24) is 0 Å². The first-order chi connectivity index (χ1) is 8.39. The molecule has 0 bridgehead atoms. The van der Waals surface area contributed by atoms with Gasteiger partial charge in [0.25, 0.3) is 0 Å². The zero-order chi connectivity index (χ0) is 13.4. The Morgan fingerprint density at radius 2 is 2.00 bits per heavy atom. The highest BCUT2D eigenvalue weighted by molar-refractivity contribution is 5.86. The van der Waals surface area contributed by atoms with Gasteiger partial charge in [0.05, 0.1) is 6.07 Å². The van der Waals surface area contributed by atoms with Crippen molar-refractivity contribution in [2.24, 2.45) is 5.41 Å². The lowest BCUT2D eigenvalue weighted by Gasteiger charge is -2.21. The molecule has 0 saturated heterocycles. The molecule has 1 aliphatic carbocycles. The van der Waals surface area contributed by atoms with Crippen molar-refractivity contribution >= 4 is 5.97 Å². The minimum Gasteiger partial charge on any atom is -0.459 e. The first-order valence-electron chi connectivity index (χ1n) is 6.09. The molecule has 2 unspecified atom stereocenters. The fourth-order valence-electron chi connectivity index (χ4n) is 2.11. The topological polar surface area (TPSA) is 50.1 Å². The van der Waals surface area contributed by atoms with Gasteiger partial charge >= 0.3 is 5.97 Å². The number of carbonyl (C=O) groups excluding carboxylic acids is 1. The third-order valence-electron chi connectivity index (χ3n) is 3.13. The average molecular weight is 243 g/mol. The van der Waals surface area contributed by atoms with Gasteiger partial charge < -0.3 is 4.74 Å². The largest absolute Gasteiger partial charge is 0.459 e. The Bertz CT molecular complexity index is 495. The highest BCUT2D eigenvalue weighted by Crippen LogP contribution is 2.59. The first-order valence-corrected chi connectivity index (χ1v) is 6.09. The molecule has 2 rings (SSSR count). The van der Waals surface area contributed by atoms with Gasteiger partial charge in [0.1, 0.15) is 5.60 Å². The zero-order valence-corrected chi connectivity index (χ0v) is 10.9. The van der Waals surface area contributed by atoms with E-state index in [0.29, 0.717) is 6.42 Å². The summed E-state index contributed by atoms with van der Waals surface area (Å²) < 4.78 is 5.35. The Hall–Kier alpha value is -1.82. The molecular weight excluding hydrogens is 226 g/mol. The molecule has 1 fully saturated rings. The van der Waals surface area contributed by atoms with Crippen LogP contribution in [0.2, 0.25) is 0 Å². The van der Waals surface area contributed by atoms with E-state index < -0.39 is 17.0 Å². The molecule has 0 spiro atoms. The Balaban J connectivity index is 2.17. The predicted molar refractivity (Wildman–Crippen MR) is 67.7 cm³/mol. The SMILES string of the molecule is CC(C)(C)OC(=O)C1(C#N)CC1c1ccccc1. The van der Waals surface area contributed by atoms with E-state index in [0.717, 1.165) is 5.56 Å². The van der Waals surface area contributed by atoms with Crippen molar-refractivity contribution in [3.05, 3.63) is 35.9 Å². The lowest BCUT2D eigenvalue weighted by atomic mass is 10.0. The summed E-state index contributed by atoms with van der Waals surface area (Å²) in [7, 11) is 0. The van der Waals surface area contributed by atoms with Crippen LogP contribution in [0.1, 0.15) is 38.7 Å². The van der Waals surface area contributed by atoms with Gasteiger partial charge in [0.15, 0.2) is 5.41 Å². The summed E-state index contributed by atoms with van der Waals surface area (Å²) in [6, 6.07) is 11.8. The Morgan fingerprint density at radius 1 is 1.39 bits per heavy atom. The number of nitrogens with zero attached hydrogens (tertiary/aromatic N) is 1. The summed E-state index contributed by atoms with van der Waals surface area (Å²) in [6.45, 7) is 5.45. The first kappa shape index (κ1) is 12.6. The minimum absolute atomic E-state index is 0.0291. The average Bonchev–Trinajstić information content (AvgIpc) is 3.04. The number of hydrogen-bond acceptors (Lipinski definition) is 3. The number of hydrogen-bond donors (Lipinski definition) is 0. The fourth-order valence-corrected chi connectivity index (χ4v) is 2.11. The van der Waals surface area contributed by atoms with Crippen LogP contribution in [-0.2, 0) is 9.53 Å². The van der Waals surface area contributed by atoms with Gasteiger partial charge in [-0.1, -0.05) is 30.3 Å². The summed E-state index contributed by atoms with van der Waals surface area (Å²) >= 11 is 0. The van der Waals surface area contributed by atoms with E-state index in [1.165, 1.54) is 0 Å². The summed E-state index contributed by atoms with van der Waals surface area (Å²) in [6.07, 6.45) is 0.558. The van der Waals surface area contributed by atoms with Crippen LogP contribution in [0.25, 0.3) is 0 Å². The number of benzene rings is 1. The maximum absolute atomic E-state index is 12.1. The second-order valence-corrected chi connectivity index (χ2v) is 5.75. The molecule has 0 amide bonds. The van der Waals surface area contributed by atoms with Crippen LogP contribution in [-0.4, -0.2) is 11.6 Å². The molecule has 0 aliphatic heterocycles. The lowest BCUT2D eigenvalue weighted by molar-refractivity contribution is -0.159. The quantitative estimate of drug-likeness (QED) is 0.750. The molecule has 94 valence electrons. The van der Waals surface area contributed by atoms with Crippen LogP contribution in [0.5, 0.6) is 0 Å². The zero-order valence-electron chi connectivity index (χ0n) is 10.9. The van der Waals surface area contributed by atoms with Crippen molar-refractivity contribution in [1.29, 1.82) is 5.26 Å². The normalized spacial score (nSPS) is 26.2. The summed E-state index contributed by atoms with van der Waals surface area (Å²) in [5.41, 5.74) is -0.496. The maximum atomic E-state index is 12.1. The van der Waals surface area contributed by atoms with E-state index in [4.69, 9.17) is 4.74 Å².